The summed E-state index contributed by atoms with van der Waals surface area (Å²) in [6.07, 6.45) is 8.18. The maximum absolute atomic E-state index is 12.2. The monoisotopic (exact) mass is 446 g/mol. The molecule has 0 aliphatic heterocycles. The van der Waals surface area contributed by atoms with Crippen molar-refractivity contribution in [3.63, 3.8) is 0 Å². The fourth-order valence-electron chi connectivity index (χ4n) is 8.16. The van der Waals surface area contributed by atoms with Gasteiger partial charge in [0.2, 0.25) is 0 Å². The number of esters is 3. The Hall–Kier alpha value is -1.85. The van der Waals surface area contributed by atoms with Gasteiger partial charge < -0.3 is 14.2 Å². The lowest BCUT2D eigenvalue weighted by atomic mass is 9.40. The Morgan fingerprint density at radius 2 is 1.59 bits per heavy atom. The fourth-order valence-corrected chi connectivity index (χ4v) is 8.16. The number of fused-ring (bicyclic) bond motifs is 5. The summed E-state index contributed by atoms with van der Waals surface area (Å²) in [5.74, 6) is 1.01. The third-order valence-corrected chi connectivity index (χ3v) is 9.65. The molecule has 4 rings (SSSR count). The highest BCUT2D eigenvalue weighted by molar-refractivity contribution is 5.68. The van der Waals surface area contributed by atoms with Crippen LogP contribution in [-0.2, 0) is 28.6 Å². The third kappa shape index (κ3) is 3.58. The average molecular weight is 447 g/mol. The van der Waals surface area contributed by atoms with Crippen molar-refractivity contribution in [3.05, 3.63) is 11.8 Å². The molecule has 0 saturated heterocycles. The Morgan fingerprint density at radius 3 is 2.22 bits per heavy atom. The van der Waals surface area contributed by atoms with Gasteiger partial charge in [-0.25, -0.2) is 0 Å². The number of hydrogen-bond acceptors (Lipinski definition) is 6. The minimum absolute atomic E-state index is 0.0157. The summed E-state index contributed by atoms with van der Waals surface area (Å²) in [6.45, 7) is 11.3. The molecule has 0 radical (unpaired) electrons. The summed E-state index contributed by atoms with van der Waals surface area (Å²) >= 11 is 0. The highest BCUT2D eigenvalue weighted by atomic mass is 16.6. The summed E-state index contributed by atoms with van der Waals surface area (Å²) in [7, 11) is 0. The van der Waals surface area contributed by atoms with Gasteiger partial charge in [-0.15, -0.1) is 0 Å². The summed E-state index contributed by atoms with van der Waals surface area (Å²) in [5.41, 5.74) is -0.298. The van der Waals surface area contributed by atoms with Crippen LogP contribution in [0.4, 0.5) is 0 Å². The molecule has 178 valence electrons. The molecule has 0 heterocycles. The van der Waals surface area contributed by atoms with Gasteiger partial charge in [-0.05, 0) is 73.7 Å². The molecule has 0 spiro atoms. The van der Waals surface area contributed by atoms with Crippen molar-refractivity contribution in [2.75, 3.05) is 0 Å². The first-order chi connectivity index (χ1) is 14.9. The molecule has 6 nitrogen and oxygen atoms in total. The van der Waals surface area contributed by atoms with Crippen LogP contribution in [0.2, 0.25) is 0 Å². The van der Waals surface area contributed by atoms with E-state index in [0.717, 1.165) is 44.3 Å². The number of carbonyl (C=O) groups excluding carboxylic acids is 3. The smallest absolute Gasteiger partial charge is 0.307 e. The second-order valence-electron chi connectivity index (χ2n) is 11.5. The molecule has 0 aromatic heterocycles. The zero-order valence-corrected chi connectivity index (χ0v) is 20.4. The minimum atomic E-state index is -0.300. The average Bonchev–Trinajstić information content (AvgIpc) is 2.97. The molecule has 0 bridgehead atoms. The van der Waals surface area contributed by atoms with Crippen LogP contribution >= 0.6 is 0 Å². The van der Waals surface area contributed by atoms with Gasteiger partial charge in [-0.2, -0.15) is 0 Å². The van der Waals surface area contributed by atoms with E-state index in [1.54, 1.807) is 0 Å². The molecule has 0 N–H and O–H groups in total. The first-order valence-electron chi connectivity index (χ1n) is 12.1. The Kier molecular flexibility index (Phi) is 5.74. The molecule has 0 aromatic carbocycles. The number of rotatable bonds is 3. The Labute approximate surface area is 191 Å². The van der Waals surface area contributed by atoms with E-state index in [9.17, 15) is 14.4 Å². The molecule has 3 fully saturated rings. The van der Waals surface area contributed by atoms with Crippen molar-refractivity contribution in [2.45, 2.75) is 98.7 Å². The maximum atomic E-state index is 12.2. The molecule has 0 unspecified atom stereocenters. The molecule has 3 saturated carbocycles. The summed E-state index contributed by atoms with van der Waals surface area (Å²) < 4.78 is 17.3. The van der Waals surface area contributed by atoms with Gasteiger partial charge in [0.15, 0.2) is 0 Å². The molecule has 6 heteroatoms. The predicted molar refractivity (Wildman–Crippen MR) is 118 cm³/mol. The molecular weight excluding hydrogens is 408 g/mol. The third-order valence-electron chi connectivity index (χ3n) is 9.65. The lowest BCUT2D eigenvalue weighted by Gasteiger charge is -2.66. The van der Waals surface area contributed by atoms with Crippen LogP contribution in [0.5, 0.6) is 0 Å². The Morgan fingerprint density at radius 1 is 0.906 bits per heavy atom. The van der Waals surface area contributed by atoms with Crippen LogP contribution in [0, 0.1) is 34.0 Å². The first kappa shape index (κ1) is 23.3. The van der Waals surface area contributed by atoms with Crippen LogP contribution in [-0.4, -0.2) is 30.1 Å². The van der Waals surface area contributed by atoms with Gasteiger partial charge in [-0.3, -0.25) is 14.4 Å². The van der Waals surface area contributed by atoms with Gasteiger partial charge in [0.25, 0.3) is 0 Å². The maximum Gasteiger partial charge on any atom is 0.307 e. The molecule has 4 aliphatic carbocycles. The van der Waals surface area contributed by atoms with E-state index in [2.05, 4.69) is 26.8 Å². The lowest BCUT2D eigenvalue weighted by molar-refractivity contribution is -0.219. The lowest BCUT2D eigenvalue weighted by Crippen LogP contribution is -2.63. The van der Waals surface area contributed by atoms with E-state index in [4.69, 9.17) is 14.2 Å². The zero-order valence-electron chi connectivity index (χ0n) is 20.4. The van der Waals surface area contributed by atoms with Crippen molar-refractivity contribution in [3.8, 4) is 0 Å². The number of hydrogen-bond donors (Lipinski definition) is 0. The number of allylic oxidation sites excluding steroid dienone is 2. The van der Waals surface area contributed by atoms with Crippen molar-refractivity contribution >= 4 is 17.9 Å². The van der Waals surface area contributed by atoms with Gasteiger partial charge in [0, 0.05) is 32.1 Å². The molecule has 0 amide bonds. The second-order valence-corrected chi connectivity index (χ2v) is 11.5. The first-order valence-corrected chi connectivity index (χ1v) is 12.1. The van der Waals surface area contributed by atoms with E-state index < -0.39 is 0 Å². The molecule has 32 heavy (non-hydrogen) atoms. The van der Waals surface area contributed by atoms with E-state index in [1.807, 2.05) is 0 Å². The second kappa shape index (κ2) is 7.88. The van der Waals surface area contributed by atoms with Crippen LogP contribution in [0.3, 0.4) is 0 Å². The van der Waals surface area contributed by atoms with E-state index in [-0.39, 0.29) is 52.3 Å². The van der Waals surface area contributed by atoms with Crippen LogP contribution < -0.4 is 0 Å². The van der Waals surface area contributed by atoms with Gasteiger partial charge in [0.05, 0.1) is 0 Å². The van der Waals surface area contributed by atoms with Crippen molar-refractivity contribution in [1.82, 2.24) is 0 Å². The quantitative estimate of drug-likeness (QED) is 0.451. The molecule has 8 atom stereocenters. The number of carbonyl (C=O) groups is 3. The van der Waals surface area contributed by atoms with Crippen molar-refractivity contribution < 1.29 is 28.6 Å². The van der Waals surface area contributed by atoms with Gasteiger partial charge >= 0.3 is 17.9 Å². The fraction of sp³-hybridized carbons (Fsp3) is 0.808. The van der Waals surface area contributed by atoms with Crippen molar-refractivity contribution in [1.29, 1.82) is 0 Å². The predicted octanol–water partition coefficient (Wildman–Crippen LogP) is 4.95. The minimum Gasteiger partial charge on any atom is -0.463 e. The van der Waals surface area contributed by atoms with Crippen LogP contribution in [0.25, 0.3) is 0 Å². The Bertz CT molecular complexity index is 847. The van der Waals surface area contributed by atoms with Crippen LogP contribution in [0.1, 0.15) is 86.5 Å². The molecular formula is C26H38O6. The van der Waals surface area contributed by atoms with Crippen LogP contribution in [0.15, 0.2) is 11.8 Å². The highest BCUT2D eigenvalue weighted by Gasteiger charge is 2.66. The van der Waals surface area contributed by atoms with Gasteiger partial charge in [-0.1, -0.05) is 20.8 Å². The summed E-state index contributed by atoms with van der Waals surface area (Å²) in [6, 6.07) is 0. The molecule has 4 aliphatic rings. The highest BCUT2D eigenvalue weighted by Crippen LogP contribution is 2.70. The van der Waals surface area contributed by atoms with E-state index >= 15 is 0 Å². The summed E-state index contributed by atoms with van der Waals surface area (Å²) in [5, 5.41) is 0. The largest absolute Gasteiger partial charge is 0.463 e. The topological polar surface area (TPSA) is 78.9 Å². The van der Waals surface area contributed by atoms with E-state index in [1.165, 1.54) is 20.8 Å². The van der Waals surface area contributed by atoms with E-state index in [0.29, 0.717) is 18.3 Å². The summed E-state index contributed by atoms with van der Waals surface area (Å²) in [4.78, 5) is 35.5. The Balaban J connectivity index is 1.69. The van der Waals surface area contributed by atoms with Gasteiger partial charge in [0.1, 0.15) is 18.0 Å². The molecule has 0 aromatic rings. The zero-order chi connectivity index (χ0) is 23.5. The van der Waals surface area contributed by atoms with Crippen molar-refractivity contribution in [2.24, 2.45) is 34.0 Å². The standard InChI is InChI=1S/C26H38O6/c1-15(27)30-18-9-12-26(6)23-19(10-11-24(26,4)13-18)20-7-8-22(32-17(3)29)25(20,5)14-21(23)31-16(2)28/h8,18-21,23H,7,9-14H2,1-6H3/t18-,19-,20-,21-,23+,24-,25-,26+/m0/s1. The SMILES string of the molecule is CC(=O)OC1=CC[C@H]2[C@@H]3CC[C@@]4(C)C[C@@H](OC(C)=O)CC[C@]4(C)[C@H]3[C@@H](OC(C)=O)C[C@]12C. The normalized spacial score (nSPS) is 44.9. The number of ether oxygens (including phenoxy) is 3.